The Balaban J connectivity index is 4.35. The first kappa shape index (κ1) is 25.3. The molecule has 0 aromatic carbocycles. The number of carboxylic acids is 1. The topological polar surface area (TPSA) is 185 Å². The van der Waals surface area contributed by atoms with Crippen LogP contribution in [0.1, 0.15) is 39.5 Å². The quantitative estimate of drug-likeness (QED) is 0.115. The van der Waals surface area contributed by atoms with E-state index in [4.69, 9.17) is 5.21 Å². The van der Waals surface area contributed by atoms with E-state index in [1.165, 1.54) is 6.92 Å². The van der Waals surface area contributed by atoms with Crippen molar-refractivity contribution < 1.29 is 39.4 Å². The Bertz CT molecular complexity index is 583. The van der Waals surface area contributed by atoms with Crippen molar-refractivity contribution in [3.05, 3.63) is 0 Å². The van der Waals surface area contributed by atoms with Gasteiger partial charge in [0.15, 0.2) is 5.60 Å². The number of aliphatic carboxylic acids is 1. The molecule has 0 aliphatic heterocycles. The van der Waals surface area contributed by atoms with Crippen molar-refractivity contribution in [2.45, 2.75) is 45.1 Å². The number of hydrogen-bond donors (Lipinski definition) is 6. The van der Waals surface area contributed by atoms with E-state index in [9.17, 15) is 34.2 Å². The Morgan fingerprint density at radius 3 is 1.75 bits per heavy atom. The van der Waals surface area contributed by atoms with Gasteiger partial charge in [-0.25, -0.2) is 9.86 Å². The number of carboxylic acid groups (broad SMARTS) is 1. The van der Waals surface area contributed by atoms with Gasteiger partial charge in [-0.05, 0) is 12.8 Å². The van der Waals surface area contributed by atoms with E-state index in [2.05, 4.69) is 16.0 Å². The number of hydrogen-bond acceptors (Lipinski definition) is 7. The summed E-state index contributed by atoms with van der Waals surface area (Å²) in [6, 6.07) is 0. The van der Waals surface area contributed by atoms with Crippen LogP contribution in [-0.4, -0.2) is 81.9 Å². The number of carbonyl (C=O) groups is 5. The van der Waals surface area contributed by atoms with E-state index in [0.29, 0.717) is 18.0 Å². The standard InChI is InChI=1S/C16H28N4O8/c1-11(21)17-5-3-6-18-13(23)9-16(27,15(25)26)10-14(24)19-7-4-8-20(28)12(2)22/h27-28H,3-10H2,1-2H3,(H,17,21)(H,18,23)(H,19,24)(H,25,26). The molecule has 0 aliphatic rings. The summed E-state index contributed by atoms with van der Waals surface area (Å²) in [5.41, 5.74) is -2.58. The predicted octanol–water partition coefficient (Wildman–Crippen LogP) is -2.03. The number of amides is 4. The van der Waals surface area contributed by atoms with Crippen molar-refractivity contribution in [1.82, 2.24) is 21.0 Å². The second kappa shape index (κ2) is 12.6. The van der Waals surface area contributed by atoms with Crippen LogP contribution in [-0.2, 0) is 24.0 Å². The zero-order valence-corrected chi connectivity index (χ0v) is 16.0. The molecule has 1 atom stereocenters. The van der Waals surface area contributed by atoms with Crippen LogP contribution in [0.5, 0.6) is 0 Å². The summed E-state index contributed by atoms with van der Waals surface area (Å²) in [5, 5.41) is 36.2. The summed E-state index contributed by atoms with van der Waals surface area (Å²) in [5.74, 6) is -4.04. The molecule has 0 saturated carbocycles. The lowest BCUT2D eigenvalue weighted by molar-refractivity contribution is -0.164. The summed E-state index contributed by atoms with van der Waals surface area (Å²) < 4.78 is 0. The maximum absolute atomic E-state index is 11.8. The highest BCUT2D eigenvalue weighted by atomic mass is 16.5. The first-order valence-electron chi connectivity index (χ1n) is 8.68. The van der Waals surface area contributed by atoms with Crippen molar-refractivity contribution in [3.8, 4) is 0 Å². The highest BCUT2D eigenvalue weighted by molar-refractivity contribution is 5.91. The lowest BCUT2D eigenvalue weighted by Gasteiger charge is -2.22. The molecule has 0 aliphatic carbocycles. The third-order valence-electron chi connectivity index (χ3n) is 3.59. The van der Waals surface area contributed by atoms with Gasteiger partial charge in [-0.2, -0.15) is 0 Å². The summed E-state index contributed by atoms with van der Waals surface area (Å²) in [7, 11) is 0. The molecule has 0 aromatic heterocycles. The molecular weight excluding hydrogens is 376 g/mol. The number of nitrogens with zero attached hydrogens (tertiary/aromatic N) is 1. The van der Waals surface area contributed by atoms with Gasteiger partial charge in [0, 0.05) is 33.5 Å². The minimum Gasteiger partial charge on any atom is -0.479 e. The van der Waals surface area contributed by atoms with Crippen LogP contribution >= 0.6 is 0 Å². The van der Waals surface area contributed by atoms with Gasteiger partial charge >= 0.3 is 5.97 Å². The molecule has 0 rings (SSSR count). The monoisotopic (exact) mass is 404 g/mol. The molecule has 6 N–H and O–H groups in total. The molecule has 1 unspecified atom stereocenters. The summed E-state index contributed by atoms with van der Waals surface area (Å²) >= 11 is 0. The molecular formula is C16H28N4O8. The number of hydroxylamine groups is 2. The Kier molecular flexibility index (Phi) is 11.4. The van der Waals surface area contributed by atoms with Crippen molar-refractivity contribution in [3.63, 3.8) is 0 Å². The Morgan fingerprint density at radius 2 is 1.32 bits per heavy atom. The van der Waals surface area contributed by atoms with Crippen LogP contribution in [0.4, 0.5) is 0 Å². The fourth-order valence-electron chi connectivity index (χ4n) is 2.06. The lowest BCUT2D eigenvalue weighted by Crippen LogP contribution is -2.47. The second-order valence-corrected chi connectivity index (χ2v) is 6.22. The van der Waals surface area contributed by atoms with Gasteiger partial charge in [-0.15, -0.1) is 0 Å². The van der Waals surface area contributed by atoms with Crippen molar-refractivity contribution in [1.29, 1.82) is 0 Å². The fourth-order valence-corrected chi connectivity index (χ4v) is 2.06. The van der Waals surface area contributed by atoms with Gasteiger partial charge in [-0.3, -0.25) is 24.4 Å². The maximum Gasteiger partial charge on any atom is 0.336 e. The summed E-state index contributed by atoms with van der Waals surface area (Å²) in [4.78, 5) is 56.5. The molecule has 0 aromatic rings. The Labute approximate surface area is 162 Å². The van der Waals surface area contributed by atoms with Crippen LogP contribution in [0.3, 0.4) is 0 Å². The van der Waals surface area contributed by atoms with E-state index in [0.717, 1.165) is 6.92 Å². The second-order valence-electron chi connectivity index (χ2n) is 6.22. The predicted molar refractivity (Wildman–Crippen MR) is 94.9 cm³/mol. The van der Waals surface area contributed by atoms with Gasteiger partial charge in [0.25, 0.3) is 0 Å². The fraction of sp³-hybridized carbons (Fsp3) is 0.688. The van der Waals surface area contributed by atoms with Crippen LogP contribution in [0.2, 0.25) is 0 Å². The minimum atomic E-state index is -2.58. The van der Waals surface area contributed by atoms with E-state index >= 15 is 0 Å². The summed E-state index contributed by atoms with van der Waals surface area (Å²) in [6.45, 7) is 3.01. The normalized spacial score (nSPS) is 12.4. The number of rotatable bonds is 13. The number of carbonyl (C=O) groups excluding carboxylic acids is 4. The molecule has 12 heteroatoms. The Hall–Kier alpha value is -2.73. The molecule has 0 saturated heterocycles. The highest BCUT2D eigenvalue weighted by Crippen LogP contribution is 2.16. The average molecular weight is 404 g/mol. The van der Waals surface area contributed by atoms with E-state index in [1.807, 2.05) is 0 Å². The minimum absolute atomic E-state index is 0.0281. The van der Waals surface area contributed by atoms with Gasteiger partial charge in [0.05, 0.1) is 19.4 Å². The molecule has 0 bridgehead atoms. The largest absolute Gasteiger partial charge is 0.479 e. The van der Waals surface area contributed by atoms with Crippen molar-refractivity contribution >= 4 is 29.6 Å². The zero-order chi connectivity index (χ0) is 21.7. The van der Waals surface area contributed by atoms with Crippen LogP contribution in [0.25, 0.3) is 0 Å². The first-order valence-corrected chi connectivity index (χ1v) is 8.68. The average Bonchev–Trinajstić information content (AvgIpc) is 2.57. The third-order valence-corrected chi connectivity index (χ3v) is 3.59. The van der Waals surface area contributed by atoms with E-state index < -0.39 is 42.1 Å². The highest BCUT2D eigenvalue weighted by Gasteiger charge is 2.40. The van der Waals surface area contributed by atoms with Crippen LogP contribution in [0.15, 0.2) is 0 Å². The maximum atomic E-state index is 11.8. The zero-order valence-electron chi connectivity index (χ0n) is 16.0. The molecule has 0 radical (unpaired) electrons. The molecule has 0 fully saturated rings. The van der Waals surface area contributed by atoms with Gasteiger partial charge in [-0.1, -0.05) is 0 Å². The van der Waals surface area contributed by atoms with Gasteiger partial charge in [0.2, 0.25) is 23.6 Å². The summed E-state index contributed by atoms with van der Waals surface area (Å²) in [6.07, 6.45) is -1.02. The van der Waals surface area contributed by atoms with Crippen LogP contribution < -0.4 is 16.0 Å². The molecule has 4 amide bonds. The first-order chi connectivity index (χ1) is 13.0. The molecule has 0 heterocycles. The lowest BCUT2D eigenvalue weighted by atomic mass is 9.94. The molecule has 160 valence electrons. The number of aliphatic hydroxyl groups is 1. The molecule has 12 nitrogen and oxygen atoms in total. The SMILES string of the molecule is CC(=O)NCCCNC(=O)CC(O)(CC(=O)NCCCN(O)C(C)=O)C(=O)O. The third kappa shape index (κ3) is 11.1. The Morgan fingerprint density at radius 1 is 0.857 bits per heavy atom. The van der Waals surface area contributed by atoms with Gasteiger partial charge < -0.3 is 26.2 Å². The van der Waals surface area contributed by atoms with Crippen LogP contribution in [0, 0.1) is 0 Å². The van der Waals surface area contributed by atoms with Crippen molar-refractivity contribution in [2.24, 2.45) is 0 Å². The van der Waals surface area contributed by atoms with Gasteiger partial charge in [0.1, 0.15) is 0 Å². The van der Waals surface area contributed by atoms with E-state index in [-0.39, 0.29) is 32.0 Å². The number of nitrogens with one attached hydrogen (secondary N) is 3. The van der Waals surface area contributed by atoms with E-state index in [1.54, 1.807) is 0 Å². The molecule has 28 heavy (non-hydrogen) atoms. The smallest absolute Gasteiger partial charge is 0.336 e. The molecule has 0 spiro atoms. The van der Waals surface area contributed by atoms with Crippen molar-refractivity contribution in [2.75, 3.05) is 26.2 Å².